The molecule has 0 bridgehead atoms. The molecule has 2 rings (SSSR count). The van der Waals surface area contributed by atoms with Crippen molar-refractivity contribution >= 4 is 15.9 Å². The third-order valence-electron chi connectivity index (χ3n) is 3.41. The Balaban J connectivity index is 2.33. The van der Waals surface area contributed by atoms with Crippen LogP contribution >= 0.6 is 15.9 Å². The number of rotatable bonds is 4. The average molecular weight is 335 g/mol. The highest BCUT2D eigenvalue weighted by Crippen LogP contribution is 2.15. The molecular weight excluding hydrogens is 316 g/mol. The van der Waals surface area contributed by atoms with E-state index in [1.807, 2.05) is 0 Å². The summed E-state index contributed by atoms with van der Waals surface area (Å²) in [7, 11) is 0. The quantitative estimate of drug-likeness (QED) is 0.926. The third-order valence-corrected chi connectivity index (χ3v) is 4.23. The summed E-state index contributed by atoms with van der Waals surface area (Å²) in [5, 5.41) is 0. The Morgan fingerprint density at radius 3 is 2.65 bits per heavy atom. The molecule has 3 nitrogen and oxygen atoms in total. The molecule has 1 aromatic carbocycles. The fourth-order valence-corrected chi connectivity index (χ4v) is 2.54. The van der Waals surface area contributed by atoms with Crippen LogP contribution in [0.5, 0.6) is 0 Å². The minimum Gasteiger partial charge on any atom is -0.309 e. The molecule has 0 unspecified atom stereocenters. The number of nitrogens with zero attached hydrogens (tertiary/aromatic N) is 1. The molecule has 0 saturated heterocycles. The van der Waals surface area contributed by atoms with Gasteiger partial charge in [-0.1, -0.05) is 31.5 Å². The smallest absolute Gasteiger partial charge is 0.265 e. The van der Waals surface area contributed by atoms with Crippen molar-refractivity contribution in [1.29, 1.82) is 0 Å². The van der Waals surface area contributed by atoms with Gasteiger partial charge in [0.05, 0.1) is 5.69 Å². The predicted molar refractivity (Wildman–Crippen MR) is 85.3 cm³/mol. The second-order valence-electron chi connectivity index (χ2n) is 5.12. The highest BCUT2D eigenvalue weighted by Gasteiger charge is 2.09. The maximum atomic E-state index is 11.9. The van der Waals surface area contributed by atoms with Crippen LogP contribution in [0.25, 0.3) is 0 Å². The Morgan fingerprint density at radius 2 is 2.00 bits per heavy atom. The van der Waals surface area contributed by atoms with Crippen LogP contribution < -0.4 is 5.56 Å². The van der Waals surface area contributed by atoms with E-state index in [0.717, 1.165) is 24.4 Å². The van der Waals surface area contributed by atoms with E-state index in [4.69, 9.17) is 0 Å². The van der Waals surface area contributed by atoms with Gasteiger partial charge in [-0.15, -0.1) is 0 Å². The van der Waals surface area contributed by atoms with Gasteiger partial charge in [0.25, 0.3) is 5.56 Å². The number of aromatic nitrogens is 2. The van der Waals surface area contributed by atoms with Crippen molar-refractivity contribution in [3.8, 4) is 0 Å². The number of hydrogen-bond donors (Lipinski definition) is 1. The minimum absolute atomic E-state index is 0.0951. The molecule has 1 N–H and O–H groups in total. The van der Waals surface area contributed by atoms with Crippen molar-refractivity contribution in [2.75, 3.05) is 0 Å². The van der Waals surface area contributed by atoms with E-state index in [1.165, 1.54) is 16.7 Å². The molecule has 0 radical (unpaired) electrons. The molecule has 1 heterocycles. The van der Waals surface area contributed by atoms with Crippen molar-refractivity contribution < 1.29 is 0 Å². The van der Waals surface area contributed by atoms with Crippen molar-refractivity contribution in [2.45, 2.75) is 40.0 Å². The molecule has 0 fully saturated rings. The molecule has 0 atom stereocenters. The highest BCUT2D eigenvalue weighted by molar-refractivity contribution is 9.10. The van der Waals surface area contributed by atoms with Gasteiger partial charge in [-0.25, -0.2) is 4.98 Å². The molecule has 0 saturated carbocycles. The number of hydrogen-bond acceptors (Lipinski definition) is 2. The molecule has 106 valence electrons. The summed E-state index contributed by atoms with van der Waals surface area (Å²) in [5.41, 5.74) is 4.45. The van der Waals surface area contributed by atoms with Crippen molar-refractivity contribution in [2.24, 2.45) is 0 Å². The first-order chi connectivity index (χ1) is 9.51. The topological polar surface area (TPSA) is 45.8 Å². The summed E-state index contributed by atoms with van der Waals surface area (Å²) < 4.78 is 0.559. The second-order valence-corrected chi connectivity index (χ2v) is 5.91. The Labute approximate surface area is 127 Å². The van der Waals surface area contributed by atoms with E-state index in [0.29, 0.717) is 10.9 Å². The predicted octanol–water partition coefficient (Wildman–Crippen LogP) is 3.69. The van der Waals surface area contributed by atoms with Crippen LogP contribution in [0.2, 0.25) is 0 Å². The maximum Gasteiger partial charge on any atom is 0.265 e. The van der Waals surface area contributed by atoms with Crippen LogP contribution in [0.4, 0.5) is 0 Å². The normalized spacial score (nSPS) is 10.8. The lowest BCUT2D eigenvalue weighted by molar-refractivity contribution is 0.822. The van der Waals surface area contributed by atoms with Gasteiger partial charge in [-0.2, -0.15) is 0 Å². The van der Waals surface area contributed by atoms with Crippen LogP contribution in [0.3, 0.4) is 0 Å². The van der Waals surface area contributed by atoms with Gasteiger partial charge in [-0.3, -0.25) is 4.79 Å². The van der Waals surface area contributed by atoms with E-state index in [-0.39, 0.29) is 5.56 Å². The van der Waals surface area contributed by atoms with Gasteiger partial charge in [0, 0.05) is 6.42 Å². The summed E-state index contributed by atoms with van der Waals surface area (Å²) >= 11 is 3.32. The number of nitrogens with one attached hydrogen (secondary N) is 1. The lowest BCUT2D eigenvalue weighted by Crippen LogP contribution is -2.16. The zero-order valence-corrected chi connectivity index (χ0v) is 13.7. The summed E-state index contributed by atoms with van der Waals surface area (Å²) in [6, 6.07) is 6.34. The number of halogens is 1. The van der Waals surface area contributed by atoms with Crippen LogP contribution in [-0.2, 0) is 12.8 Å². The van der Waals surface area contributed by atoms with Gasteiger partial charge in [0.2, 0.25) is 0 Å². The first-order valence-electron chi connectivity index (χ1n) is 6.85. The molecule has 0 aliphatic heterocycles. The number of aryl methyl sites for hydroxylation is 3. The fraction of sp³-hybridized carbons (Fsp3) is 0.375. The van der Waals surface area contributed by atoms with Crippen LogP contribution in [0.15, 0.2) is 27.5 Å². The number of H-pyrrole nitrogens is 1. The monoisotopic (exact) mass is 334 g/mol. The lowest BCUT2D eigenvalue weighted by Gasteiger charge is -2.07. The van der Waals surface area contributed by atoms with Crippen molar-refractivity contribution in [1.82, 2.24) is 9.97 Å². The molecule has 4 heteroatoms. The molecule has 2 aromatic rings. The lowest BCUT2D eigenvalue weighted by atomic mass is 10.0. The molecule has 0 amide bonds. The summed E-state index contributed by atoms with van der Waals surface area (Å²) in [6.07, 6.45) is 2.43. The SMILES string of the molecule is CCCc1nc(Cc2ccc(C)c(C)c2)[nH]c(=O)c1Br. The Bertz CT molecular complexity index is 677. The second kappa shape index (κ2) is 6.35. The van der Waals surface area contributed by atoms with E-state index in [1.54, 1.807) is 0 Å². The molecule has 0 aliphatic carbocycles. The third kappa shape index (κ3) is 3.37. The Kier molecular flexibility index (Phi) is 4.76. The van der Waals surface area contributed by atoms with E-state index in [2.05, 4.69) is 64.9 Å². The zero-order valence-electron chi connectivity index (χ0n) is 12.1. The van der Waals surface area contributed by atoms with Gasteiger partial charge in [0.1, 0.15) is 10.3 Å². The van der Waals surface area contributed by atoms with E-state index >= 15 is 0 Å². The first kappa shape index (κ1) is 15.0. The number of aromatic amines is 1. The Hall–Kier alpha value is -1.42. The van der Waals surface area contributed by atoms with Crippen LogP contribution in [-0.4, -0.2) is 9.97 Å². The summed E-state index contributed by atoms with van der Waals surface area (Å²) in [4.78, 5) is 19.3. The zero-order chi connectivity index (χ0) is 14.7. The summed E-state index contributed by atoms with van der Waals surface area (Å²) in [6.45, 7) is 6.27. The fourth-order valence-electron chi connectivity index (χ4n) is 2.15. The molecule has 1 aromatic heterocycles. The molecule has 20 heavy (non-hydrogen) atoms. The first-order valence-corrected chi connectivity index (χ1v) is 7.64. The molecule has 0 aliphatic rings. The van der Waals surface area contributed by atoms with Crippen LogP contribution in [0, 0.1) is 13.8 Å². The average Bonchev–Trinajstić information content (AvgIpc) is 2.40. The minimum atomic E-state index is -0.0951. The van der Waals surface area contributed by atoms with E-state index < -0.39 is 0 Å². The van der Waals surface area contributed by atoms with Gasteiger partial charge >= 0.3 is 0 Å². The number of benzene rings is 1. The van der Waals surface area contributed by atoms with Gasteiger partial charge in [-0.05, 0) is 52.9 Å². The van der Waals surface area contributed by atoms with Gasteiger partial charge in [0.15, 0.2) is 0 Å². The van der Waals surface area contributed by atoms with Crippen LogP contribution in [0.1, 0.15) is 41.6 Å². The largest absolute Gasteiger partial charge is 0.309 e. The Morgan fingerprint density at radius 1 is 1.25 bits per heavy atom. The van der Waals surface area contributed by atoms with Crippen molar-refractivity contribution in [3.63, 3.8) is 0 Å². The van der Waals surface area contributed by atoms with E-state index in [9.17, 15) is 4.79 Å². The highest BCUT2D eigenvalue weighted by atomic mass is 79.9. The molecular formula is C16H19BrN2O. The molecule has 0 spiro atoms. The summed E-state index contributed by atoms with van der Waals surface area (Å²) in [5.74, 6) is 0.727. The standard InChI is InChI=1S/C16H19BrN2O/c1-4-5-13-15(17)16(20)19-14(18-13)9-12-7-6-10(2)11(3)8-12/h6-8H,4-5,9H2,1-3H3,(H,18,19,20). The van der Waals surface area contributed by atoms with Crippen molar-refractivity contribution in [3.05, 3.63) is 61.2 Å². The van der Waals surface area contributed by atoms with Gasteiger partial charge < -0.3 is 4.98 Å². The maximum absolute atomic E-state index is 11.9.